The van der Waals surface area contributed by atoms with Crippen molar-refractivity contribution in [2.24, 2.45) is 0 Å². The molecule has 2 aromatic carbocycles. The highest BCUT2D eigenvalue weighted by Crippen LogP contribution is 2.22. The number of H-pyrrole nitrogens is 1. The fourth-order valence-electron chi connectivity index (χ4n) is 2.35. The molecule has 4 rings (SSSR count). The maximum absolute atomic E-state index is 13.3. The predicted octanol–water partition coefficient (Wildman–Crippen LogP) is 3.55. The molecule has 4 aromatic rings. The Morgan fingerprint density at radius 1 is 1.05 bits per heavy atom. The molecule has 5 heteroatoms. The third kappa shape index (κ3) is 2.08. The van der Waals surface area contributed by atoms with E-state index in [1.165, 1.54) is 12.1 Å². The highest BCUT2D eigenvalue weighted by Gasteiger charge is 2.07. The molecule has 2 aromatic heterocycles. The fourth-order valence-corrected chi connectivity index (χ4v) is 2.35. The van der Waals surface area contributed by atoms with Crippen LogP contribution in [0.3, 0.4) is 0 Å². The summed E-state index contributed by atoms with van der Waals surface area (Å²) in [5, 5.41) is 9.35. The maximum Gasteiger partial charge on any atom is 0.125 e. The summed E-state index contributed by atoms with van der Waals surface area (Å²) in [4.78, 5) is 3.15. The second kappa shape index (κ2) is 4.56. The zero-order valence-electron chi connectivity index (χ0n) is 11.0. The molecular formula is C16H11FN4. The van der Waals surface area contributed by atoms with E-state index in [2.05, 4.69) is 15.3 Å². The largest absolute Gasteiger partial charge is 0.361 e. The van der Waals surface area contributed by atoms with Crippen molar-refractivity contribution in [3.63, 3.8) is 0 Å². The highest BCUT2D eigenvalue weighted by atomic mass is 19.1. The van der Waals surface area contributed by atoms with Crippen LogP contribution >= 0.6 is 0 Å². The number of nitrogens with zero attached hydrogens (tertiary/aromatic N) is 3. The average molecular weight is 278 g/mol. The minimum absolute atomic E-state index is 0.293. The van der Waals surface area contributed by atoms with Crippen LogP contribution in [0.15, 0.2) is 60.9 Å². The molecule has 0 aliphatic rings. The van der Waals surface area contributed by atoms with Crippen molar-refractivity contribution < 1.29 is 4.39 Å². The zero-order valence-corrected chi connectivity index (χ0v) is 11.0. The number of halogens is 1. The lowest BCUT2D eigenvalue weighted by molar-refractivity contribution is 0.625. The maximum atomic E-state index is 13.3. The van der Waals surface area contributed by atoms with Crippen LogP contribution in [0.25, 0.3) is 27.8 Å². The molecule has 0 atom stereocenters. The van der Waals surface area contributed by atoms with Gasteiger partial charge in [-0.1, -0.05) is 17.3 Å². The summed E-state index contributed by atoms with van der Waals surface area (Å²) < 4.78 is 14.8. The number of benzene rings is 2. The minimum atomic E-state index is -0.293. The topological polar surface area (TPSA) is 46.5 Å². The van der Waals surface area contributed by atoms with E-state index < -0.39 is 0 Å². The number of aromatic nitrogens is 4. The van der Waals surface area contributed by atoms with E-state index in [9.17, 15) is 4.39 Å². The Kier molecular flexibility index (Phi) is 2.57. The molecule has 0 unspecified atom stereocenters. The Hall–Kier alpha value is -2.95. The van der Waals surface area contributed by atoms with E-state index in [1.54, 1.807) is 23.0 Å². The van der Waals surface area contributed by atoms with Gasteiger partial charge < -0.3 is 4.98 Å². The van der Waals surface area contributed by atoms with Crippen LogP contribution in [0.2, 0.25) is 0 Å². The molecule has 102 valence electrons. The smallest absolute Gasteiger partial charge is 0.125 e. The van der Waals surface area contributed by atoms with Gasteiger partial charge in [-0.2, -0.15) is 0 Å². The van der Waals surface area contributed by atoms with E-state index in [-0.39, 0.29) is 5.82 Å². The van der Waals surface area contributed by atoms with Crippen LogP contribution in [0.1, 0.15) is 0 Å². The first-order chi connectivity index (χ1) is 10.3. The summed E-state index contributed by atoms with van der Waals surface area (Å²) in [5.41, 5.74) is 3.46. The van der Waals surface area contributed by atoms with Gasteiger partial charge in [0.15, 0.2) is 0 Å². The third-order valence-corrected chi connectivity index (χ3v) is 3.42. The first kappa shape index (κ1) is 11.8. The van der Waals surface area contributed by atoms with Crippen molar-refractivity contribution in [2.75, 3.05) is 0 Å². The molecule has 0 radical (unpaired) electrons. The summed E-state index contributed by atoms with van der Waals surface area (Å²) in [7, 11) is 0. The SMILES string of the molecule is Fc1cccc(-n2cc(-c3ccc4[nH]ccc4c3)nn2)c1. The number of aromatic amines is 1. The van der Waals surface area contributed by atoms with Gasteiger partial charge in [-0.25, -0.2) is 9.07 Å². The van der Waals surface area contributed by atoms with Gasteiger partial charge in [-0.05, 0) is 36.4 Å². The van der Waals surface area contributed by atoms with Crippen LogP contribution in [-0.4, -0.2) is 20.0 Å². The summed E-state index contributed by atoms with van der Waals surface area (Å²) in [5.74, 6) is -0.293. The van der Waals surface area contributed by atoms with Crippen molar-refractivity contribution in [1.82, 2.24) is 20.0 Å². The van der Waals surface area contributed by atoms with Gasteiger partial charge in [0, 0.05) is 22.7 Å². The molecular weight excluding hydrogens is 267 g/mol. The zero-order chi connectivity index (χ0) is 14.2. The highest BCUT2D eigenvalue weighted by molar-refractivity contribution is 5.84. The third-order valence-electron chi connectivity index (χ3n) is 3.42. The Bertz CT molecular complexity index is 923. The van der Waals surface area contributed by atoms with Gasteiger partial charge in [0.05, 0.1) is 11.9 Å². The number of nitrogens with one attached hydrogen (secondary N) is 1. The average Bonchev–Trinajstić information content (AvgIpc) is 3.15. The molecule has 0 bridgehead atoms. The van der Waals surface area contributed by atoms with Crippen LogP contribution in [0.4, 0.5) is 4.39 Å². The predicted molar refractivity (Wildman–Crippen MR) is 78.6 cm³/mol. The van der Waals surface area contributed by atoms with E-state index in [0.717, 1.165) is 22.2 Å². The summed E-state index contributed by atoms with van der Waals surface area (Å²) >= 11 is 0. The molecule has 1 N–H and O–H groups in total. The van der Waals surface area contributed by atoms with E-state index in [1.807, 2.05) is 30.5 Å². The first-order valence-electron chi connectivity index (χ1n) is 6.55. The second-order valence-corrected chi connectivity index (χ2v) is 4.81. The van der Waals surface area contributed by atoms with Crippen LogP contribution in [-0.2, 0) is 0 Å². The minimum Gasteiger partial charge on any atom is -0.361 e. The van der Waals surface area contributed by atoms with Crippen molar-refractivity contribution in [2.45, 2.75) is 0 Å². The fraction of sp³-hybridized carbons (Fsp3) is 0. The standard InChI is InChI=1S/C16H11FN4/c17-13-2-1-3-14(9-13)21-10-16(19-20-21)11-4-5-15-12(8-11)6-7-18-15/h1-10,18H. The normalized spacial score (nSPS) is 11.1. The molecule has 0 aliphatic heterocycles. The summed E-state index contributed by atoms with van der Waals surface area (Å²) in [6, 6.07) is 14.3. The lowest BCUT2D eigenvalue weighted by atomic mass is 10.1. The van der Waals surface area contributed by atoms with Crippen molar-refractivity contribution in [3.05, 3.63) is 66.7 Å². The van der Waals surface area contributed by atoms with Crippen molar-refractivity contribution in [3.8, 4) is 16.9 Å². The lowest BCUT2D eigenvalue weighted by Crippen LogP contribution is -1.94. The molecule has 0 saturated heterocycles. The van der Waals surface area contributed by atoms with Crippen LogP contribution in [0, 0.1) is 5.82 Å². The van der Waals surface area contributed by atoms with Gasteiger partial charge in [0.2, 0.25) is 0 Å². The van der Waals surface area contributed by atoms with Gasteiger partial charge in [0.1, 0.15) is 11.5 Å². The molecule has 0 amide bonds. The molecule has 4 nitrogen and oxygen atoms in total. The quantitative estimate of drug-likeness (QED) is 0.609. The summed E-state index contributed by atoms with van der Waals surface area (Å²) in [6.07, 6.45) is 3.70. The molecule has 2 heterocycles. The molecule has 0 saturated carbocycles. The van der Waals surface area contributed by atoms with E-state index in [4.69, 9.17) is 0 Å². The number of fused-ring (bicyclic) bond motifs is 1. The molecule has 0 aliphatic carbocycles. The second-order valence-electron chi connectivity index (χ2n) is 4.81. The van der Waals surface area contributed by atoms with Crippen molar-refractivity contribution in [1.29, 1.82) is 0 Å². The van der Waals surface area contributed by atoms with Crippen LogP contribution in [0.5, 0.6) is 0 Å². The van der Waals surface area contributed by atoms with Crippen LogP contribution < -0.4 is 0 Å². The molecule has 0 fully saturated rings. The van der Waals surface area contributed by atoms with E-state index >= 15 is 0 Å². The van der Waals surface area contributed by atoms with Gasteiger partial charge in [-0.3, -0.25) is 0 Å². The van der Waals surface area contributed by atoms with E-state index in [0.29, 0.717) is 5.69 Å². The summed E-state index contributed by atoms with van der Waals surface area (Å²) in [6.45, 7) is 0. The van der Waals surface area contributed by atoms with Crippen molar-refractivity contribution >= 4 is 10.9 Å². The Morgan fingerprint density at radius 3 is 2.90 bits per heavy atom. The number of hydrogen-bond acceptors (Lipinski definition) is 2. The van der Waals surface area contributed by atoms with Gasteiger partial charge >= 0.3 is 0 Å². The number of rotatable bonds is 2. The Balaban J connectivity index is 1.76. The lowest BCUT2D eigenvalue weighted by Gasteiger charge is -1.99. The van der Waals surface area contributed by atoms with Gasteiger partial charge in [0.25, 0.3) is 0 Å². The van der Waals surface area contributed by atoms with Gasteiger partial charge in [-0.15, -0.1) is 5.10 Å². The Morgan fingerprint density at radius 2 is 2.00 bits per heavy atom. The molecule has 21 heavy (non-hydrogen) atoms. The Labute approximate surface area is 119 Å². The molecule has 0 spiro atoms. The number of hydrogen-bond donors (Lipinski definition) is 1. The monoisotopic (exact) mass is 278 g/mol. The first-order valence-corrected chi connectivity index (χ1v) is 6.55.